The Bertz CT molecular complexity index is 380. The molecule has 6 aliphatic rings. The topological polar surface area (TPSA) is 40.5 Å². The van der Waals surface area contributed by atoms with Crippen LogP contribution in [0.3, 0.4) is 0 Å². The van der Waals surface area contributed by atoms with Crippen molar-refractivity contribution in [1.29, 1.82) is 0 Å². The van der Waals surface area contributed by atoms with Gasteiger partial charge in [0.25, 0.3) is 0 Å². The molecule has 2 nitrogen and oxygen atoms in total. The number of aliphatic hydroxyl groups excluding tert-OH is 2. The van der Waals surface area contributed by atoms with E-state index in [0.717, 1.165) is 36.0 Å². The van der Waals surface area contributed by atoms with Gasteiger partial charge in [0.05, 0.1) is 6.10 Å². The van der Waals surface area contributed by atoms with E-state index in [1.807, 2.05) is 6.92 Å². The van der Waals surface area contributed by atoms with Gasteiger partial charge >= 0.3 is 0 Å². The van der Waals surface area contributed by atoms with Crippen LogP contribution in [0, 0.1) is 40.9 Å². The molecule has 0 spiro atoms. The average molecular weight is 321 g/mol. The Hall–Kier alpha value is -0.0800. The summed E-state index contributed by atoms with van der Waals surface area (Å²) in [7, 11) is 0. The second-order valence-electron chi connectivity index (χ2n) is 9.87. The lowest BCUT2D eigenvalue weighted by atomic mass is 9.51. The molecule has 1 atom stereocenters. The Morgan fingerprint density at radius 2 is 1.48 bits per heavy atom. The maximum absolute atomic E-state index is 9.78. The van der Waals surface area contributed by atoms with E-state index >= 15 is 0 Å². The number of rotatable bonds is 3. The van der Waals surface area contributed by atoms with Gasteiger partial charge < -0.3 is 10.2 Å². The quantitative estimate of drug-likeness (QED) is 0.809. The van der Waals surface area contributed by atoms with Gasteiger partial charge in [-0.15, -0.1) is 0 Å². The Labute approximate surface area is 142 Å². The third-order valence-corrected chi connectivity index (χ3v) is 8.39. The van der Waals surface area contributed by atoms with E-state index in [-0.39, 0.29) is 6.10 Å². The predicted octanol–water partition coefficient (Wildman–Crippen LogP) is 4.39. The van der Waals surface area contributed by atoms with Crippen molar-refractivity contribution < 1.29 is 10.2 Å². The van der Waals surface area contributed by atoms with E-state index in [1.165, 1.54) is 64.2 Å². The van der Waals surface area contributed by atoms with E-state index in [1.54, 1.807) is 0 Å². The van der Waals surface area contributed by atoms with Crippen LogP contribution in [-0.2, 0) is 0 Å². The molecule has 0 radical (unpaired) electrons. The molecule has 0 saturated heterocycles. The van der Waals surface area contributed by atoms with Crippen LogP contribution in [0.5, 0.6) is 0 Å². The fraction of sp³-hybridized carbons (Fsp3) is 1.00. The fourth-order valence-corrected chi connectivity index (χ4v) is 7.65. The molecule has 2 heteroatoms. The molecule has 1 unspecified atom stereocenters. The maximum Gasteiger partial charge on any atom is 0.0545 e. The smallest absolute Gasteiger partial charge is 0.0545 e. The number of aliphatic hydroxyl groups is 2. The SMILES string of the molecule is CC(O)C1C2CC3CC(C2)CC1C3.OCCC12CCC(CC1)C2. The zero-order valence-corrected chi connectivity index (χ0v) is 14.9. The molecule has 23 heavy (non-hydrogen) atoms. The highest BCUT2D eigenvalue weighted by molar-refractivity contribution is 4.99. The van der Waals surface area contributed by atoms with Gasteiger partial charge in [0.1, 0.15) is 0 Å². The van der Waals surface area contributed by atoms with Gasteiger partial charge in [-0.3, -0.25) is 0 Å². The highest BCUT2D eigenvalue weighted by Crippen LogP contribution is 2.57. The monoisotopic (exact) mass is 320 g/mol. The standard InChI is InChI=1S/C12H20O.C9H16O/c1-7(13)12-10-3-8-2-9(5-10)6-11(12)4-8;10-6-5-9-3-1-8(7-9)2-4-9/h7-13H,2-6H2,1H3;8,10H,1-7H2. The van der Waals surface area contributed by atoms with Gasteiger partial charge in [0.2, 0.25) is 0 Å². The average Bonchev–Trinajstić information content (AvgIpc) is 3.07. The molecule has 6 aliphatic carbocycles. The molecule has 0 aromatic carbocycles. The number of hydrogen-bond acceptors (Lipinski definition) is 2. The molecule has 6 bridgehead atoms. The highest BCUT2D eigenvalue weighted by atomic mass is 16.3. The largest absolute Gasteiger partial charge is 0.396 e. The van der Waals surface area contributed by atoms with Crippen molar-refractivity contribution >= 4 is 0 Å². The maximum atomic E-state index is 9.78. The van der Waals surface area contributed by atoms with Crippen LogP contribution < -0.4 is 0 Å². The van der Waals surface area contributed by atoms with Crippen molar-refractivity contribution in [1.82, 2.24) is 0 Å². The Kier molecular flexibility index (Phi) is 4.51. The van der Waals surface area contributed by atoms with E-state index in [2.05, 4.69) is 0 Å². The third-order valence-electron chi connectivity index (χ3n) is 8.39. The summed E-state index contributed by atoms with van der Waals surface area (Å²) in [6.45, 7) is 2.42. The van der Waals surface area contributed by atoms with E-state index in [9.17, 15) is 5.11 Å². The van der Waals surface area contributed by atoms with E-state index < -0.39 is 0 Å². The first kappa shape index (κ1) is 16.4. The number of hydrogen-bond donors (Lipinski definition) is 2. The molecule has 0 heterocycles. The first-order chi connectivity index (χ1) is 11.1. The molecule has 6 saturated carbocycles. The van der Waals surface area contributed by atoms with Crippen LogP contribution in [0.15, 0.2) is 0 Å². The summed E-state index contributed by atoms with van der Waals surface area (Å²) in [5.41, 5.74) is 0.611. The van der Waals surface area contributed by atoms with E-state index in [4.69, 9.17) is 5.11 Å². The van der Waals surface area contributed by atoms with Crippen molar-refractivity contribution in [2.75, 3.05) is 6.61 Å². The van der Waals surface area contributed by atoms with E-state index in [0.29, 0.717) is 17.9 Å². The minimum atomic E-state index is -0.0463. The van der Waals surface area contributed by atoms with Crippen molar-refractivity contribution in [2.24, 2.45) is 40.9 Å². The minimum Gasteiger partial charge on any atom is -0.396 e. The van der Waals surface area contributed by atoms with Gasteiger partial charge in [0.15, 0.2) is 0 Å². The molecule has 0 amide bonds. The van der Waals surface area contributed by atoms with Crippen LogP contribution in [-0.4, -0.2) is 22.9 Å². The van der Waals surface area contributed by atoms with Gasteiger partial charge in [-0.05, 0) is 118 Å². The zero-order valence-electron chi connectivity index (χ0n) is 14.9. The minimum absolute atomic E-state index is 0.0463. The van der Waals surface area contributed by atoms with Crippen molar-refractivity contribution in [3.63, 3.8) is 0 Å². The normalized spacial score (nSPS) is 50.7. The van der Waals surface area contributed by atoms with Crippen LogP contribution in [0.2, 0.25) is 0 Å². The molecule has 132 valence electrons. The molecule has 6 fully saturated rings. The fourth-order valence-electron chi connectivity index (χ4n) is 7.65. The van der Waals surface area contributed by atoms with Gasteiger partial charge in [0, 0.05) is 6.61 Å². The summed E-state index contributed by atoms with van der Waals surface area (Å²) in [4.78, 5) is 0. The Balaban J connectivity index is 0.000000122. The zero-order chi connectivity index (χ0) is 16.0. The lowest BCUT2D eigenvalue weighted by molar-refractivity contribution is -0.0838. The first-order valence-corrected chi connectivity index (χ1v) is 10.4. The molecule has 0 aromatic rings. The second kappa shape index (κ2) is 6.33. The lowest BCUT2D eigenvalue weighted by Crippen LogP contribution is -2.48. The molecule has 0 aromatic heterocycles. The molecule has 0 aliphatic heterocycles. The van der Waals surface area contributed by atoms with Crippen LogP contribution in [0.1, 0.15) is 77.6 Å². The molecular formula is C21H36O2. The summed E-state index contributed by atoms with van der Waals surface area (Å²) in [6, 6.07) is 0. The van der Waals surface area contributed by atoms with Gasteiger partial charge in [-0.2, -0.15) is 0 Å². The summed E-state index contributed by atoms with van der Waals surface area (Å²) in [5.74, 6) is 5.54. The molecule has 6 rings (SSSR count). The summed E-state index contributed by atoms with van der Waals surface area (Å²) < 4.78 is 0. The van der Waals surface area contributed by atoms with Crippen LogP contribution >= 0.6 is 0 Å². The molecular weight excluding hydrogens is 284 g/mol. The van der Waals surface area contributed by atoms with Crippen molar-refractivity contribution in [3.8, 4) is 0 Å². The predicted molar refractivity (Wildman–Crippen MR) is 92.9 cm³/mol. The van der Waals surface area contributed by atoms with Gasteiger partial charge in [-0.1, -0.05) is 0 Å². The Morgan fingerprint density at radius 1 is 0.913 bits per heavy atom. The van der Waals surface area contributed by atoms with Crippen molar-refractivity contribution in [3.05, 3.63) is 0 Å². The Morgan fingerprint density at radius 3 is 1.87 bits per heavy atom. The second-order valence-corrected chi connectivity index (χ2v) is 9.87. The number of fused-ring (bicyclic) bond motifs is 2. The van der Waals surface area contributed by atoms with Crippen LogP contribution in [0.4, 0.5) is 0 Å². The first-order valence-electron chi connectivity index (χ1n) is 10.4. The van der Waals surface area contributed by atoms with Gasteiger partial charge in [-0.25, -0.2) is 0 Å². The lowest BCUT2D eigenvalue weighted by Gasteiger charge is -2.55. The summed E-state index contributed by atoms with van der Waals surface area (Å²) in [6.07, 6.45) is 15.4. The summed E-state index contributed by atoms with van der Waals surface area (Å²) >= 11 is 0. The molecule has 2 N–H and O–H groups in total. The van der Waals surface area contributed by atoms with Crippen molar-refractivity contribution in [2.45, 2.75) is 83.7 Å². The third kappa shape index (κ3) is 3.11. The summed E-state index contributed by atoms with van der Waals surface area (Å²) in [5, 5.41) is 18.6. The van der Waals surface area contributed by atoms with Crippen LogP contribution in [0.25, 0.3) is 0 Å². The highest BCUT2D eigenvalue weighted by Gasteiger charge is 2.49.